The Balaban J connectivity index is 0.00000300. The van der Waals surface area contributed by atoms with Gasteiger partial charge >= 0.3 is 0 Å². The van der Waals surface area contributed by atoms with Crippen molar-refractivity contribution in [2.75, 3.05) is 37.7 Å². The Kier molecular flexibility index (Phi) is 9.42. The van der Waals surface area contributed by atoms with Crippen LogP contribution < -0.4 is 15.5 Å². The summed E-state index contributed by atoms with van der Waals surface area (Å²) in [6.07, 6.45) is 4.60. The zero-order valence-electron chi connectivity index (χ0n) is 18.1. The molecule has 8 heteroatoms. The average molecular weight is 517 g/mol. The highest BCUT2D eigenvalue weighted by molar-refractivity contribution is 14.0. The summed E-state index contributed by atoms with van der Waals surface area (Å²) in [6, 6.07) is 4.20. The minimum atomic E-state index is -0.0914. The van der Waals surface area contributed by atoms with Crippen LogP contribution in [0.15, 0.2) is 23.3 Å². The predicted molar refractivity (Wildman–Crippen MR) is 128 cm³/mol. The van der Waals surface area contributed by atoms with Gasteiger partial charge in [0.1, 0.15) is 5.82 Å². The van der Waals surface area contributed by atoms with E-state index in [1.807, 2.05) is 6.20 Å². The van der Waals surface area contributed by atoms with Crippen molar-refractivity contribution in [2.45, 2.75) is 64.9 Å². The Morgan fingerprint density at radius 1 is 1.28 bits per heavy atom. The number of nitrogens with zero attached hydrogens (tertiary/aromatic N) is 3. The van der Waals surface area contributed by atoms with E-state index in [-0.39, 0.29) is 41.8 Å². The number of anilines is 1. The fourth-order valence-electron chi connectivity index (χ4n) is 3.82. The Labute approximate surface area is 192 Å². The molecule has 2 aliphatic rings. The molecule has 1 aromatic rings. The lowest BCUT2D eigenvalue weighted by Crippen LogP contribution is -2.45. The summed E-state index contributed by atoms with van der Waals surface area (Å²) in [6.45, 7) is 13.3. The topological polar surface area (TPSA) is 71.0 Å². The molecule has 1 aromatic heterocycles. The molecule has 2 fully saturated rings. The van der Waals surface area contributed by atoms with E-state index in [0.29, 0.717) is 6.54 Å². The molecule has 0 amide bonds. The van der Waals surface area contributed by atoms with Crippen LogP contribution in [-0.2, 0) is 16.0 Å². The lowest BCUT2D eigenvalue weighted by Gasteiger charge is -2.36. The maximum absolute atomic E-state index is 5.85. The largest absolute Gasteiger partial charge is 0.373 e. The third kappa shape index (κ3) is 7.25. The van der Waals surface area contributed by atoms with Crippen LogP contribution in [0.1, 0.15) is 46.1 Å². The second-order valence-electron chi connectivity index (χ2n) is 8.14. The summed E-state index contributed by atoms with van der Waals surface area (Å²) >= 11 is 0. The standard InChI is InChI=1S/C21H35N5O2.HI/c1-5-22-20(25-15-21(4)9-6-10-27-21)24-12-18-7-8-19(23-11-18)26-13-16(2)28-17(3)14-26;/h7-8,11,16-17H,5-6,9-10,12-15H2,1-4H3,(H2,22,24,25);1H. The molecule has 0 radical (unpaired) electrons. The van der Waals surface area contributed by atoms with E-state index < -0.39 is 0 Å². The number of nitrogens with one attached hydrogen (secondary N) is 2. The van der Waals surface area contributed by atoms with E-state index in [1.54, 1.807) is 0 Å². The van der Waals surface area contributed by atoms with Gasteiger partial charge < -0.3 is 25.0 Å². The number of aromatic nitrogens is 1. The van der Waals surface area contributed by atoms with Crippen molar-refractivity contribution < 1.29 is 9.47 Å². The van der Waals surface area contributed by atoms with Crippen LogP contribution in [0.3, 0.4) is 0 Å². The molecule has 0 saturated carbocycles. The number of rotatable bonds is 6. The van der Waals surface area contributed by atoms with Gasteiger partial charge in [0.05, 0.1) is 24.4 Å². The van der Waals surface area contributed by atoms with Crippen molar-refractivity contribution in [3.63, 3.8) is 0 Å². The molecule has 3 atom stereocenters. The Morgan fingerprint density at radius 3 is 2.62 bits per heavy atom. The van der Waals surface area contributed by atoms with Crippen molar-refractivity contribution in [3.05, 3.63) is 23.9 Å². The monoisotopic (exact) mass is 517 g/mol. The van der Waals surface area contributed by atoms with Crippen LogP contribution in [0.25, 0.3) is 0 Å². The summed E-state index contributed by atoms with van der Waals surface area (Å²) in [5, 5.41) is 6.73. The number of halogens is 1. The number of guanidine groups is 1. The number of hydrogen-bond donors (Lipinski definition) is 2. The van der Waals surface area contributed by atoms with Gasteiger partial charge in [0, 0.05) is 39.0 Å². The first-order valence-electron chi connectivity index (χ1n) is 10.5. The smallest absolute Gasteiger partial charge is 0.191 e. The van der Waals surface area contributed by atoms with Gasteiger partial charge in [-0.2, -0.15) is 0 Å². The third-order valence-electron chi connectivity index (χ3n) is 5.25. The molecule has 164 valence electrons. The number of hydrogen-bond acceptors (Lipinski definition) is 5. The third-order valence-corrected chi connectivity index (χ3v) is 5.25. The zero-order chi connectivity index (χ0) is 20.0. The molecule has 0 aromatic carbocycles. The highest BCUT2D eigenvalue weighted by Gasteiger charge is 2.29. The van der Waals surface area contributed by atoms with Crippen LogP contribution in [0.4, 0.5) is 5.82 Å². The molecule has 3 rings (SSSR count). The van der Waals surface area contributed by atoms with Crippen molar-refractivity contribution in [3.8, 4) is 0 Å². The lowest BCUT2D eigenvalue weighted by molar-refractivity contribution is -0.00546. The molecule has 2 N–H and O–H groups in total. The van der Waals surface area contributed by atoms with E-state index in [0.717, 1.165) is 63.0 Å². The first-order chi connectivity index (χ1) is 13.5. The Hall–Kier alpha value is -1.13. The molecule has 3 heterocycles. The predicted octanol–water partition coefficient (Wildman–Crippen LogP) is 2.94. The van der Waals surface area contributed by atoms with Gasteiger partial charge in [-0.3, -0.25) is 0 Å². The van der Waals surface area contributed by atoms with E-state index in [2.05, 4.69) is 60.3 Å². The SMILES string of the molecule is CCNC(=NCc1ccc(N2CC(C)OC(C)C2)nc1)NCC1(C)CCCO1.I. The van der Waals surface area contributed by atoms with Gasteiger partial charge in [-0.05, 0) is 52.2 Å². The Morgan fingerprint density at radius 2 is 2.03 bits per heavy atom. The Bertz CT molecular complexity index is 639. The van der Waals surface area contributed by atoms with Crippen molar-refractivity contribution in [2.24, 2.45) is 4.99 Å². The minimum Gasteiger partial charge on any atom is -0.373 e. The van der Waals surface area contributed by atoms with Crippen LogP contribution in [0.5, 0.6) is 0 Å². The van der Waals surface area contributed by atoms with Crippen LogP contribution in [0, 0.1) is 0 Å². The first kappa shape index (κ1) is 24.1. The van der Waals surface area contributed by atoms with Gasteiger partial charge in [0.15, 0.2) is 5.96 Å². The molecular formula is C21H36IN5O2. The van der Waals surface area contributed by atoms with Crippen LogP contribution in [0.2, 0.25) is 0 Å². The summed E-state index contributed by atoms with van der Waals surface area (Å²) in [5.74, 6) is 1.82. The summed E-state index contributed by atoms with van der Waals surface area (Å²) in [5.41, 5.74) is 1.00. The van der Waals surface area contributed by atoms with Crippen LogP contribution >= 0.6 is 24.0 Å². The fraction of sp³-hybridized carbons (Fsp3) is 0.714. The number of pyridine rings is 1. The lowest BCUT2D eigenvalue weighted by atomic mass is 10.0. The summed E-state index contributed by atoms with van der Waals surface area (Å²) < 4.78 is 11.7. The maximum atomic E-state index is 5.85. The van der Waals surface area contributed by atoms with Crippen molar-refractivity contribution in [1.29, 1.82) is 0 Å². The average Bonchev–Trinajstić information content (AvgIpc) is 3.10. The van der Waals surface area contributed by atoms with E-state index in [9.17, 15) is 0 Å². The molecular weight excluding hydrogens is 481 g/mol. The summed E-state index contributed by atoms with van der Waals surface area (Å²) in [4.78, 5) is 11.7. The quantitative estimate of drug-likeness (QED) is 0.344. The molecule has 2 aliphatic heterocycles. The molecule has 0 aliphatic carbocycles. The summed E-state index contributed by atoms with van der Waals surface area (Å²) in [7, 11) is 0. The minimum absolute atomic E-state index is 0. The van der Waals surface area contributed by atoms with Crippen molar-refractivity contribution >= 4 is 35.8 Å². The first-order valence-corrected chi connectivity index (χ1v) is 10.5. The van der Waals surface area contributed by atoms with Gasteiger partial charge in [-0.15, -0.1) is 24.0 Å². The van der Waals surface area contributed by atoms with E-state index in [1.165, 1.54) is 0 Å². The molecule has 2 saturated heterocycles. The molecule has 29 heavy (non-hydrogen) atoms. The second kappa shape index (κ2) is 11.3. The van der Waals surface area contributed by atoms with Gasteiger partial charge in [-0.25, -0.2) is 9.98 Å². The molecule has 0 bridgehead atoms. The van der Waals surface area contributed by atoms with Gasteiger partial charge in [-0.1, -0.05) is 6.07 Å². The van der Waals surface area contributed by atoms with Gasteiger partial charge in [0.25, 0.3) is 0 Å². The van der Waals surface area contributed by atoms with E-state index >= 15 is 0 Å². The molecule has 7 nitrogen and oxygen atoms in total. The normalized spacial score (nSPS) is 27.4. The second-order valence-corrected chi connectivity index (χ2v) is 8.14. The zero-order valence-corrected chi connectivity index (χ0v) is 20.4. The highest BCUT2D eigenvalue weighted by Crippen LogP contribution is 2.23. The van der Waals surface area contributed by atoms with Crippen molar-refractivity contribution in [1.82, 2.24) is 15.6 Å². The van der Waals surface area contributed by atoms with Gasteiger partial charge in [0.2, 0.25) is 0 Å². The molecule has 3 unspecified atom stereocenters. The maximum Gasteiger partial charge on any atom is 0.191 e. The molecule has 0 spiro atoms. The fourth-order valence-corrected chi connectivity index (χ4v) is 3.82. The van der Waals surface area contributed by atoms with E-state index in [4.69, 9.17) is 14.5 Å². The number of aliphatic imine (C=N–C) groups is 1. The number of morpholine rings is 1. The van der Waals surface area contributed by atoms with Crippen LogP contribution in [-0.4, -0.2) is 61.5 Å². The number of ether oxygens (including phenoxy) is 2. The highest BCUT2D eigenvalue weighted by atomic mass is 127.